The third kappa shape index (κ3) is 5.92. The molecule has 0 saturated carbocycles. The van der Waals surface area contributed by atoms with Gasteiger partial charge in [0.2, 0.25) is 5.91 Å². The van der Waals surface area contributed by atoms with Gasteiger partial charge in [0, 0.05) is 37.6 Å². The Hall–Kier alpha value is -3.80. The number of nitrogens with zero attached hydrogens (tertiary/aromatic N) is 2. The number of amides is 3. The molecule has 0 spiro atoms. The number of carbonyl (C=O) groups is 3. The average Bonchev–Trinajstić information content (AvgIpc) is 3.19. The number of aliphatic hydroxyl groups is 1. The number of halogens is 2. The zero-order valence-electron chi connectivity index (χ0n) is 17.7. The summed E-state index contributed by atoms with van der Waals surface area (Å²) < 4.78 is 33.7. The lowest BCUT2D eigenvalue weighted by Gasteiger charge is -2.17. The van der Waals surface area contributed by atoms with E-state index in [1.807, 2.05) is 0 Å². The zero-order valence-corrected chi connectivity index (χ0v) is 17.7. The van der Waals surface area contributed by atoms with Crippen LogP contribution in [0.2, 0.25) is 0 Å². The lowest BCUT2D eigenvalue weighted by molar-refractivity contribution is -0.122. The van der Waals surface area contributed by atoms with Gasteiger partial charge in [0.25, 0.3) is 5.91 Å². The molecule has 0 radical (unpaired) electrons. The maximum absolute atomic E-state index is 14.4. The van der Waals surface area contributed by atoms with Crippen molar-refractivity contribution in [2.24, 2.45) is 0 Å². The first-order valence-corrected chi connectivity index (χ1v) is 10.1. The Labute approximate surface area is 187 Å². The van der Waals surface area contributed by atoms with Gasteiger partial charge in [-0.05, 0) is 19.1 Å². The van der Waals surface area contributed by atoms with Crippen LogP contribution in [0.3, 0.4) is 0 Å². The highest BCUT2D eigenvalue weighted by molar-refractivity contribution is 5.97. The number of carbonyl (C=O) groups excluding carboxylic acids is 3. The second-order valence-electron chi connectivity index (χ2n) is 7.24. The number of rotatable bonds is 9. The summed E-state index contributed by atoms with van der Waals surface area (Å²) in [5.41, 5.74) is -0.150. The highest BCUT2D eigenvalue weighted by atomic mass is 19.1. The van der Waals surface area contributed by atoms with Crippen molar-refractivity contribution in [3.8, 4) is 0 Å². The van der Waals surface area contributed by atoms with Crippen LogP contribution >= 0.6 is 0 Å². The molecular formula is C21H23F2N5O5. The average molecular weight is 463 g/mol. The van der Waals surface area contributed by atoms with Crippen LogP contribution in [0.5, 0.6) is 0 Å². The molecule has 1 fully saturated rings. The SMILES string of the molecule is C[C@H](NC(=O)c1cccnc1)C(=O)NCCNc1c(F)cc(N2C[C@H](CO)OC2=O)cc1F. The Morgan fingerprint density at radius 2 is 2.03 bits per heavy atom. The van der Waals surface area contributed by atoms with Gasteiger partial charge in [-0.1, -0.05) is 0 Å². The molecule has 0 unspecified atom stereocenters. The van der Waals surface area contributed by atoms with Gasteiger partial charge in [0.05, 0.1) is 24.4 Å². The Bertz CT molecular complexity index is 1000. The number of nitrogens with one attached hydrogen (secondary N) is 3. The molecule has 176 valence electrons. The Balaban J connectivity index is 1.48. The molecule has 4 N–H and O–H groups in total. The maximum atomic E-state index is 14.4. The molecule has 2 aromatic rings. The number of cyclic esters (lactones) is 1. The quantitative estimate of drug-likeness (QED) is 0.408. The summed E-state index contributed by atoms with van der Waals surface area (Å²) in [7, 11) is 0. The van der Waals surface area contributed by atoms with Crippen LogP contribution in [0.1, 0.15) is 17.3 Å². The van der Waals surface area contributed by atoms with Gasteiger partial charge < -0.3 is 25.8 Å². The van der Waals surface area contributed by atoms with Crippen LogP contribution in [-0.2, 0) is 9.53 Å². The second kappa shape index (κ2) is 10.7. The molecule has 10 nitrogen and oxygen atoms in total. The second-order valence-corrected chi connectivity index (χ2v) is 7.24. The largest absolute Gasteiger partial charge is 0.441 e. The molecule has 1 aliphatic rings. The first-order valence-electron chi connectivity index (χ1n) is 10.1. The minimum absolute atomic E-state index is 0.000536. The van der Waals surface area contributed by atoms with Crippen LogP contribution in [0.25, 0.3) is 0 Å². The minimum Gasteiger partial charge on any atom is -0.441 e. The number of anilines is 2. The number of hydrogen-bond acceptors (Lipinski definition) is 7. The van der Waals surface area contributed by atoms with Gasteiger partial charge in [0.1, 0.15) is 17.8 Å². The summed E-state index contributed by atoms with van der Waals surface area (Å²) in [5.74, 6) is -2.81. The fourth-order valence-electron chi connectivity index (χ4n) is 3.08. The molecule has 2 heterocycles. The molecule has 33 heavy (non-hydrogen) atoms. The van der Waals surface area contributed by atoms with Gasteiger partial charge in [-0.3, -0.25) is 19.5 Å². The topological polar surface area (TPSA) is 133 Å². The van der Waals surface area contributed by atoms with Gasteiger partial charge in [0.15, 0.2) is 11.6 Å². The third-order valence-electron chi connectivity index (χ3n) is 4.81. The smallest absolute Gasteiger partial charge is 0.414 e. The van der Waals surface area contributed by atoms with E-state index in [9.17, 15) is 23.2 Å². The fraction of sp³-hybridized carbons (Fsp3) is 0.333. The molecule has 1 aromatic heterocycles. The van der Waals surface area contributed by atoms with Crippen molar-refractivity contribution in [3.05, 3.63) is 53.9 Å². The molecule has 12 heteroatoms. The van der Waals surface area contributed by atoms with Crippen molar-refractivity contribution < 1.29 is 33.0 Å². The summed E-state index contributed by atoms with van der Waals surface area (Å²) >= 11 is 0. The van der Waals surface area contributed by atoms with E-state index in [-0.39, 0.29) is 25.3 Å². The number of ether oxygens (including phenoxy) is 1. The first kappa shape index (κ1) is 23.9. The lowest BCUT2D eigenvalue weighted by Crippen LogP contribution is -2.45. The zero-order chi connectivity index (χ0) is 24.0. The summed E-state index contributed by atoms with van der Waals surface area (Å²) in [6.07, 6.45) is 1.32. The normalized spacial score (nSPS) is 16.2. The van der Waals surface area contributed by atoms with Gasteiger partial charge in [-0.2, -0.15) is 0 Å². The van der Waals surface area contributed by atoms with Crippen LogP contribution in [0, 0.1) is 11.6 Å². The van der Waals surface area contributed by atoms with Gasteiger partial charge >= 0.3 is 6.09 Å². The Kier molecular flexibility index (Phi) is 7.72. The standard InChI is InChI=1S/C21H23F2N5O5/c1-12(27-20(31)13-3-2-4-24-9-13)19(30)26-6-5-25-18-16(22)7-14(8-17(18)23)28-10-15(11-29)33-21(28)32/h2-4,7-9,12,15,25,29H,5-6,10-11H2,1H3,(H,26,30)(H,27,31)/t12-,15+/m0/s1. The van der Waals surface area contributed by atoms with Crippen molar-refractivity contribution in [3.63, 3.8) is 0 Å². The summed E-state index contributed by atoms with van der Waals surface area (Å²) in [6.45, 7) is 1.11. The number of benzene rings is 1. The molecule has 1 saturated heterocycles. The molecule has 2 atom stereocenters. The van der Waals surface area contributed by atoms with E-state index >= 15 is 0 Å². The van der Waals surface area contributed by atoms with Crippen molar-refractivity contribution >= 4 is 29.3 Å². The molecular weight excluding hydrogens is 440 g/mol. The highest BCUT2D eigenvalue weighted by Crippen LogP contribution is 2.28. The van der Waals surface area contributed by atoms with Crippen molar-refractivity contribution in [2.75, 3.05) is 36.5 Å². The molecule has 0 aliphatic carbocycles. The predicted molar refractivity (Wildman–Crippen MR) is 114 cm³/mol. The number of aliphatic hydroxyl groups excluding tert-OH is 1. The van der Waals surface area contributed by atoms with Crippen molar-refractivity contribution in [1.82, 2.24) is 15.6 Å². The molecule has 3 rings (SSSR count). The van der Waals surface area contributed by atoms with Crippen LogP contribution in [-0.4, -0.2) is 66.4 Å². The third-order valence-corrected chi connectivity index (χ3v) is 4.81. The van der Waals surface area contributed by atoms with Gasteiger partial charge in [-0.25, -0.2) is 13.6 Å². The number of hydrogen-bond donors (Lipinski definition) is 4. The predicted octanol–water partition coefficient (Wildman–Crippen LogP) is 1.02. The van der Waals surface area contributed by atoms with Crippen molar-refractivity contribution in [1.29, 1.82) is 0 Å². The van der Waals surface area contributed by atoms with E-state index in [2.05, 4.69) is 20.9 Å². The van der Waals surface area contributed by atoms with E-state index in [0.29, 0.717) is 5.56 Å². The van der Waals surface area contributed by atoms with Gasteiger partial charge in [-0.15, -0.1) is 0 Å². The summed E-state index contributed by atoms with van der Waals surface area (Å²) in [6, 6.07) is 4.26. The Morgan fingerprint density at radius 1 is 1.30 bits per heavy atom. The number of aromatic nitrogens is 1. The summed E-state index contributed by atoms with van der Waals surface area (Å²) in [5, 5.41) is 16.7. The molecule has 1 aromatic carbocycles. The monoisotopic (exact) mass is 463 g/mol. The van der Waals surface area contributed by atoms with E-state index < -0.39 is 54.0 Å². The highest BCUT2D eigenvalue weighted by Gasteiger charge is 2.32. The first-order chi connectivity index (χ1) is 15.8. The van der Waals surface area contributed by atoms with E-state index in [1.165, 1.54) is 19.3 Å². The van der Waals surface area contributed by atoms with Crippen LogP contribution in [0.15, 0.2) is 36.7 Å². The molecule has 0 bridgehead atoms. The number of pyridine rings is 1. The minimum atomic E-state index is -0.936. The van der Waals surface area contributed by atoms with Crippen LogP contribution < -0.4 is 20.9 Å². The Morgan fingerprint density at radius 3 is 2.64 bits per heavy atom. The fourth-order valence-corrected chi connectivity index (χ4v) is 3.08. The summed E-state index contributed by atoms with van der Waals surface area (Å²) in [4.78, 5) is 40.9. The maximum Gasteiger partial charge on any atom is 0.414 e. The van der Waals surface area contributed by atoms with E-state index in [1.54, 1.807) is 12.1 Å². The van der Waals surface area contributed by atoms with Crippen molar-refractivity contribution in [2.45, 2.75) is 19.1 Å². The van der Waals surface area contributed by atoms with E-state index in [4.69, 9.17) is 9.84 Å². The lowest BCUT2D eigenvalue weighted by atomic mass is 10.2. The molecule has 3 amide bonds. The molecule has 1 aliphatic heterocycles. The van der Waals surface area contributed by atoms with Crippen LogP contribution in [0.4, 0.5) is 25.0 Å². The van der Waals surface area contributed by atoms with E-state index in [0.717, 1.165) is 17.0 Å².